The molecule has 0 atom stereocenters. The zero-order valence-corrected chi connectivity index (χ0v) is 7.55. The van der Waals surface area contributed by atoms with Crippen LogP contribution < -0.4 is 15.2 Å². The van der Waals surface area contributed by atoms with Gasteiger partial charge in [0.2, 0.25) is 11.6 Å². The molecule has 2 N–H and O–H groups in total. The molecule has 0 bridgehead atoms. The molecular formula is C8H5F4NO3. The minimum atomic E-state index is -3.41. The standard InChI is InChI=1S/C8H5F4NO3/c9-3-1-2-4(15-8(13)14)5(10)6(3)16-7(11)12/h1-2,7H,(H2,13,14). The summed E-state index contributed by atoms with van der Waals surface area (Å²) in [5, 5.41) is 0. The van der Waals surface area contributed by atoms with Crippen LogP contribution in [-0.2, 0) is 0 Å². The molecule has 88 valence electrons. The summed E-state index contributed by atoms with van der Waals surface area (Å²) in [5.41, 5.74) is 4.57. The van der Waals surface area contributed by atoms with Crippen molar-refractivity contribution in [2.45, 2.75) is 6.61 Å². The summed E-state index contributed by atoms with van der Waals surface area (Å²) in [6.45, 7) is -3.41. The Hall–Kier alpha value is -1.99. The van der Waals surface area contributed by atoms with Crippen LogP contribution in [0.5, 0.6) is 11.5 Å². The van der Waals surface area contributed by atoms with Gasteiger partial charge in [0, 0.05) is 0 Å². The third-order valence-corrected chi connectivity index (χ3v) is 1.43. The molecule has 8 heteroatoms. The first kappa shape index (κ1) is 12.1. The highest BCUT2D eigenvalue weighted by atomic mass is 19.3. The predicted octanol–water partition coefficient (Wildman–Crippen LogP) is 2.02. The number of hydrogen-bond acceptors (Lipinski definition) is 3. The first-order valence-corrected chi connectivity index (χ1v) is 3.82. The summed E-state index contributed by atoms with van der Waals surface area (Å²) in [6.07, 6.45) is -1.37. The van der Waals surface area contributed by atoms with Crippen LogP contribution in [0, 0.1) is 11.6 Å². The molecule has 1 aromatic carbocycles. The molecule has 1 rings (SSSR count). The van der Waals surface area contributed by atoms with E-state index in [0.29, 0.717) is 12.1 Å². The highest BCUT2D eigenvalue weighted by Gasteiger charge is 2.20. The smallest absolute Gasteiger partial charge is 0.410 e. The Balaban J connectivity index is 3.10. The minimum absolute atomic E-state index is 0.596. The minimum Gasteiger partial charge on any atom is -0.428 e. The second-order valence-electron chi connectivity index (χ2n) is 2.49. The first-order valence-electron chi connectivity index (χ1n) is 3.82. The van der Waals surface area contributed by atoms with E-state index in [1.165, 1.54) is 0 Å². The Kier molecular flexibility index (Phi) is 3.54. The second kappa shape index (κ2) is 4.69. The van der Waals surface area contributed by atoms with Gasteiger partial charge in [0.05, 0.1) is 0 Å². The molecule has 0 saturated carbocycles. The third kappa shape index (κ3) is 2.75. The van der Waals surface area contributed by atoms with Crippen molar-refractivity contribution < 1.29 is 31.8 Å². The Morgan fingerprint density at radius 2 is 1.94 bits per heavy atom. The van der Waals surface area contributed by atoms with Crippen molar-refractivity contribution in [2.75, 3.05) is 0 Å². The number of halogens is 4. The molecule has 1 aromatic rings. The molecule has 1 amide bonds. The van der Waals surface area contributed by atoms with Crippen LogP contribution in [0.1, 0.15) is 0 Å². The summed E-state index contributed by atoms with van der Waals surface area (Å²) in [7, 11) is 0. The van der Waals surface area contributed by atoms with Crippen molar-refractivity contribution in [3.05, 3.63) is 23.8 Å². The van der Waals surface area contributed by atoms with E-state index in [1.807, 2.05) is 0 Å². The van der Waals surface area contributed by atoms with Crippen molar-refractivity contribution in [1.82, 2.24) is 0 Å². The van der Waals surface area contributed by atoms with E-state index in [9.17, 15) is 22.4 Å². The summed E-state index contributed by atoms with van der Waals surface area (Å²) >= 11 is 0. The molecule has 0 aliphatic rings. The van der Waals surface area contributed by atoms with Gasteiger partial charge in [-0.25, -0.2) is 9.18 Å². The lowest BCUT2D eigenvalue weighted by molar-refractivity contribution is -0.0548. The summed E-state index contributed by atoms with van der Waals surface area (Å²) in [5.74, 6) is -5.06. The fourth-order valence-electron chi connectivity index (χ4n) is 0.899. The Labute approximate surface area is 86.6 Å². The van der Waals surface area contributed by atoms with Crippen molar-refractivity contribution in [2.24, 2.45) is 5.73 Å². The highest BCUT2D eigenvalue weighted by molar-refractivity contribution is 5.68. The van der Waals surface area contributed by atoms with E-state index in [4.69, 9.17) is 0 Å². The summed E-state index contributed by atoms with van der Waals surface area (Å²) < 4.78 is 57.3. The van der Waals surface area contributed by atoms with Gasteiger partial charge in [-0.1, -0.05) is 0 Å². The summed E-state index contributed by atoms with van der Waals surface area (Å²) in [4.78, 5) is 10.3. The van der Waals surface area contributed by atoms with Crippen LogP contribution in [0.3, 0.4) is 0 Å². The van der Waals surface area contributed by atoms with Gasteiger partial charge in [-0.05, 0) is 12.1 Å². The number of alkyl halides is 2. The van der Waals surface area contributed by atoms with Gasteiger partial charge in [0.25, 0.3) is 0 Å². The van der Waals surface area contributed by atoms with Crippen molar-refractivity contribution >= 4 is 6.09 Å². The van der Waals surface area contributed by atoms with Crippen LogP contribution in [0.25, 0.3) is 0 Å². The van der Waals surface area contributed by atoms with Gasteiger partial charge in [-0.2, -0.15) is 13.2 Å². The van der Waals surface area contributed by atoms with Gasteiger partial charge >= 0.3 is 12.7 Å². The lowest BCUT2D eigenvalue weighted by Crippen LogP contribution is -2.17. The van der Waals surface area contributed by atoms with Crippen molar-refractivity contribution in [3.8, 4) is 11.5 Å². The maximum Gasteiger partial charge on any atom is 0.410 e. The van der Waals surface area contributed by atoms with E-state index >= 15 is 0 Å². The normalized spacial score (nSPS) is 10.3. The lowest BCUT2D eigenvalue weighted by Gasteiger charge is -2.09. The fourth-order valence-corrected chi connectivity index (χ4v) is 0.899. The van der Waals surface area contributed by atoms with Gasteiger partial charge in [-0.15, -0.1) is 0 Å². The molecule has 0 radical (unpaired) electrons. The van der Waals surface area contributed by atoms with E-state index in [2.05, 4.69) is 15.2 Å². The Morgan fingerprint density at radius 3 is 2.44 bits per heavy atom. The quantitative estimate of drug-likeness (QED) is 0.821. The average Bonchev–Trinajstić information content (AvgIpc) is 2.16. The molecule has 0 unspecified atom stereocenters. The maximum atomic E-state index is 13.2. The van der Waals surface area contributed by atoms with Gasteiger partial charge in [0.1, 0.15) is 0 Å². The SMILES string of the molecule is NC(=O)Oc1ccc(F)c(OC(F)F)c1F. The number of rotatable bonds is 3. The fraction of sp³-hybridized carbons (Fsp3) is 0.125. The number of hydrogen-bond donors (Lipinski definition) is 1. The molecule has 0 aromatic heterocycles. The number of primary amides is 1. The molecule has 4 nitrogen and oxygen atoms in total. The van der Waals surface area contributed by atoms with Crippen molar-refractivity contribution in [3.63, 3.8) is 0 Å². The van der Waals surface area contributed by atoms with Gasteiger partial charge in [0.15, 0.2) is 11.6 Å². The predicted molar refractivity (Wildman–Crippen MR) is 43.2 cm³/mol. The highest BCUT2D eigenvalue weighted by Crippen LogP contribution is 2.30. The molecule has 0 heterocycles. The summed E-state index contributed by atoms with van der Waals surface area (Å²) in [6, 6.07) is 1.31. The topological polar surface area (TPSA) is 61.6 Å². The first-order chi connectivity index (χ1) is 7.41. The van der Waals surface area contributed by atoms with E-state index in [0.717, 1.165) is 0 Å². The maximum absolute atomic E-state index is 13.2. The number of nitrogens with two attached hydrogens (primary N) is 1. The van der Waals surface area contributed by atoms with Crippen LogP contribution in [0.2, 0.25) is 0 Å². The molecule has 0 aliphatic carbocycles. The third-order valence-electron chi connectivity index (χ3n) is 1.43. The Bertz CT molecular complexity index is 411. The van der Waals surface area contributed by atoms with Gasteiger partial charge in [-0.3, -0.25) is 0 Å². The van der Waals surface area contributed by atoms with Crippen molar-refractivity contribution in [1.29, 1.82) is 0 Å². The number of carbonyl (C=O) groups is 1. The zero-order chi connectivity index (χ0) is 12.3. The van der Waals surface area contributed by atoms with Gasteiger partial charge < -0.3 is 15.2 Å². The van der Waals surface area contributed by atoms with E-state index in [-0.39, 0.29) is 0 Å². The largest absolute Gasteiger partial charge is 0.428 e. The van der Waals surface area contributed by atoms with E-state index in [1.54, 1.807) is 0 Å². The zero-order valence-electron chi connectivity index (χ0n) is 7.55. The second-order valence-corrected chi connectivity index (χ2v) is 2.49. The number of carbonyl (C=O) groups excluding carboxylic acids is 1. The number of ether oxygens (including phenoxy) is 2. The van der Waals surface area contributed by atoms with Crippen LogP contribution in [0.4, 0.5) is 22.4 Å². The monoisotopic (exact) mass is 239 g/mol. The molecule has 0 spiro atoms. The lowest BCUT2D eigenvalue weighted by atomic mass is 10.3. The average molecular weight is 239 g/mol. The van der Waals surface area contributed by atoms with E-state index < -0.39 is 35.8 Å². The molecule has 0 saturated heterocycles. The molecule has 0 fully saturated rings. The Morgan fingerprint density at radius 1 is 1.31 bits per heavy atom. The number of benzene rings is 1. The van der Waals surface area contributed by atoms with Crippen LogP contribution >= 0.6 is 0 Å². The molecule has 0 aliphatic heterocycles. The van der Waals surface area contributed by atoms with Crippen LogP contribution in [0.15, 0.2) is 12.1 Å². The van der Waals surface area contributed by atoms with Crippen LogP contribution in [-0.4, -0.2) is 12.7 Å². The number of amides is 1. The molecule has 16 heavy (non-hydrogen) atoms. The molecular weight excluding hydrogens is 234 g/mol.